The van der Waals surface area contributed by atoms with E-state index in [1.54, 1.807) is 0 Å². The van der Waals surface area contributed by atoms with Gasteiger partial charge in [0.1, 0.15) is 0 Å². The van der Waals surface area contributed by atoms with Crippen molar-refractivity contribution in [3.63, 3.8) is 0 Å². The van der Waals surface area contributed by atoms with Gasteiger partial charge in [0, 0.05) is 6.42 Å². The number of rotatable bonds is 3. The average molecular weight is 137 g/mol. The Hall–Kier alpha value is 0.270. The van der Waals surface area contributed by atoms with Crippen LogP contribution in [0.2, 0.25) is 0 Å². The minimum atomic E-state index is 0. The van der Waals surface area contributed by atoms with Crippen LogP contribution in [0, 0.1) is 0 Å². The minimum Gasteiger partial charge on any atom is -0.870 e. The molecule has 0 aliphatic carbocycles. The lowest BCUT2D eigenvalue weighted by Gasteiger charge is -2.03. The molecule has 0 heterocycles. The Kier molecular flexibility index (Phi) is 10.1. The predicted molar refractivity (Wildman–Crippen MR) is 38.1 cm³/mol. The topological polar surface area (TPSA) is 34.4 Å². The fourth-order valence-electron chi connectivity index (χ4n) is 0.433. The molecule has 0 aliphatic rings. The van der Waals surface area contributed by atoms with Crippen molar-refractivity contribution in [2.45, 2.75) is 6.42 Å². The van der Waals surface area contributed by atoms with Gasteiger partial charge in [0.2, 0.25) is 0 Å². The Bertz CT molecular complexity index is 41.4. The lowest BCUT2D eigenvalue weighted by Crippen LogP contribution is -3.05. The van der Waals surface area contributed by atoms with E-state index in [1.165, 1.54) is 17.9 Å². The summed E-state index contributed by atoms with van der Waals surface area (Å²) in [4.78, 5) is 1.51. The summed E-state index contributed by atoms with van der Waals surface area (Å²) in [6, 6.07) is 0. The molecule has 0 unspecified atom stereocenters. The number of hydrogen-bond donors (Lipinski definition) is 2. The smallest absolute Gasteiger partial charge is 0.0774 e. The van der Waals surface area contributed by atoms with Gasteiger partial charge in [0.25, 0.3) is 0 Å². The third-order valence-electron chi connectivity index (χ3n) is 0.835. The maximum Gasteiger partial charge on any atom is 0.0774 e. The first-order valence-electron chi connectivity index (χ1n) is 2.67. The second-order valence-corrected chi connectivity index (χ2v) is 2.48. The number of nitrogens with one attached hydrogen (secondary N) is 1. The van der Waals surface area contributed by atoms with Crippen molar-refractivity contribution in [2.75, 3.05) is 26.4 Å². The van der Waals surface area contributed by atoms with E-state index >= 15 is 0 Å². The quantitative estimate of drug-likeness (QED) is 0.494. The molecule has 0 atom stereocenters. The van der Waals surface area contributed by atoms with Crippen LogP contribution >= 0.6 is 12.6 Å². The van der Waals surface area contributed by atoms with Crippen LogP contribution in [0.4, 0.5) is 0 Å². The average Bonchev–Trinajstić information content (AvgIpc) is 1.61. The van der Waals surface area contributed by atoms with E-state index < -0.39 is 0 Å². The molecule has 52 valence electrons. The lowest BCUT2D eigenvalue weighted by molar-refractivity contribution is -0.858. The molecule has 0 fully saturated rings. The van der Waals surface area contributed by atoms with Gasteiger partial charge in [-0.2, -0.15) is 12.6 Å². The van der Waals surface area contributed by atoms with Gasteiger partial charge in [-0.05, 0) is 5.75 Å². The first kappa shape index (κ1) is 11.1. The summed E-state index contributed by atoms with van der Waals surface area (Å²) in [5.41, 5.74) is 0. The molecule has 0 radical (unpaired) electrons. The Morgan fingerprint density at radius 3 is 2.00 bits per heavy atom. The maximum absolute atomic E-state index is 4.08. The Balaban J connectivity index is 0. The highest BCUT2D eigenvalue weighted by atomic mass is 32.1. The van der Waals surface area contributed by atoms with E-state index in [4.69, 9.17) is 0 Å². The fourth-order valence-corrected chi connectivity index (χ4v) is 0.591. The van der Waals surface area contributed by atoms with Gasteiger partial charge in [0.05, 0.1) is 20.6 Å². The zero-order valence-corrected chi connectivity index (χ0v) is 6.41. The Labute approximate surface area is 56.6 Å². The van der Waals surface area contributed by atoms with Gasteiger partial charge < -0.3 is 10.4 Å². The highest BCUT2D eigenvalue weighted by Crippen LogP contribution is 1.75. The van der Waals surface area contributed by atoms with Crippen LogP contribution in [0.25, 0.3) is 0 Å². The molecule has 0 saturated carbocycles. The number of quaternary nitrogens is 1. The van der Waals surface area contributed by atoms with Gasteiger partial charge >= 0.3 is 0 Å². The molecule has 0 rings (SSSR count). The molecule has 0 aliphatic heterocycles. The van der Waals surface area contributed by atoms with E-state index in [2.05, 4.69) is 26.7 Å². The molecule has 0 aromatic heterocycles. The first-order valence-corrected chi connectivity index (χ1v) is 3.30. The van der Waals surface area contributed by atoms with Crippen LogP contribution in [0.1, 0.15) is 6.42 Å². The molecule has 0 aromatic carbocycles. The summed E-state index contributed by atoms with van der Waals surface area (Å²) in [6.45, 7) is 1.24. The molecular weight excluding hydrogens is 122 g/mol. The van der Waals surface area contributed by atoms with Gasteiger partial charge in [-0.1, -0.05) is 0 Å². The standard InChI is InChI=1S/C5H13NS.H2O/c1-6(2)4-3-5-7;/h7H,3-5H2,1-2H3;1H2. The molecule has 0 aromatic rings. The lowest BCUT2D eigenvalue weighted by atomic mass is 10.5. The molecule has 0 amide bonds. The van der Waals surface area contributed by atoms with E-state index in [-0.39, 0.29) is 5.48 Å². The van der Waals surface area contributed by atoms with E-state index in [0.29, 0.717) is 0 Å². The molecule has 2 nitrogen and oxygen atoms in total. The normalized spacial score (nSPS) is 9.00. The Morgan fingerprint density at radius 2 is 1.88 bits per heavy atom. The summed E-state index contributed by atoms with van der Waals surface area (Å²) in [7, 11) is 4.31. The molecule has 3 heteroatoms. The van der Waals surface area contributed by atoms with E-state index in [1.807, 2.05) is 0 Å². The van der Waals surface area contributed by atoms with Crippen LogP contribution in [0.5, 0.6) is 0 Å². The van der Waals surface area contributed by atoms with Crippen LogP contribution in [-0.4, -0.2) is 31.9 Å². The van der Waals surface area contributed by atoms with Crippen molar-refractivity contribution < 1.29 is 10.4 Å². The summed E-state index contributed by atoms with van der Waals surface area (Å²) in [5.74, 6) is 1.02. The largest absolute Gasteiger partial charge is 0.870 e. The SMILES string of the molecule is C[NH+](C)CCCS.[OH-]. The van der Waals surface area contributed by atoms with Crippen molar-refractivity contribution in [1.29, 1.82) is 0 Å². The highest BCUT2D eigenvalue weighted by Gasteiger charge is 1.87. The molecule has 2 N–H and O–H groups in total. The van der Waals surface area contributed by atoms with Crippen LogP contribution in [-0.2, 0) is 0 Å². The van der Waals surface area contributed by atoms with Crippen molar-refractivity contribution in [1.82, 2.24) is 0 Å². The number of thiol groups is 1. The van der Waals surface area contributed by atoms with Crippen LogP contribution in [0.15, 0.2) is 0 Å². The fraction of sp³-hybridized carbons (Fsp3) is 1.00. The highest BCUT2D eigenvalue weighted by molar-refractivity contribution is 7.80. The van der Waals surface area contributed by atoms with Gasteiger partial charge in [-0.3, -0.25) is 0 Å². The zero-order chi connectivity index (χ0) is 5.70. The summed E-state index contributed by atoms with van der Waals surface area (Å²) < 4.78 is 0. The molecule has 0 saturated heterocycles. The van der Waals surface area contributed by atoms with Crippen LogP contribution in [0.3, 0.4) is 0 Å². The molecule has 0 spiro atoms. The van der Waals surface area contributed by atoms with Gasteiger partial charge in [-0.25, -0.2) is 0 Å². The van der Waals surface area contributed by atoms with Crippen molar-refractivity contribution in [3.05, 3.63) is 0 Å². The first-order chi connectivity index (χ1) is 3.27. The molecule has 8 heavy (non-hydrogen) atoms. The predicted octanol–water partition coefficient (Wildman–Crippen LogP) is -0.726. The minimum absolute atomic E-state index is 0. The second kappa shape index (κ2) is 7.27. The Morgan fingerprint density at radius 1 is 1.38 bits per heavy atom. The van der Waals surface area contributed by atoms with Crippen molar-refractivity contribution in [3.8, 4) is 0 Å². The molecular formula is C5H15NOS. The van der Waals surface area contributed by atoms with Crippen molar-refractivity contribution in [2.24, 2.45) is 0 Å². The summed E-state index contributed by atoms with van der Waals surface area (Å²) in [5, 5.41) is 0. The number of hydrogen-bond acceptors (Lipinski definition) is 2. The third-order valence-corrected chi connectivity index (χ3v) is 1.15. The van der Waals surface area contributed by atoms with Gasteiger partial charge in [0.15, 0.2) is 0 Å². The second-order valence-electron chi connectivity index (χ2n) is 2.03. The molecule has 0 bridgehead atoms. The maximum atomic E-state index is 4.08. The monoisotopic (exact) mass is 137 g/mol. The van der Waals surface area contributed by atoms with Crippen LogP contribution < -0.4 is 4.90 Å². The van der Waals surface area contributed by atoms with Crippen molar-refractivity contribution >= 4 is 12.6 Å². The third kappa shape index (κ3) is 9.55. The van der Waals surface area contributed by atoms with Gasteiger partial charge in [-0.15, -0.1) is 0 Å². The zero-order valence-electron chi connectivity index (χ0n) is 5.52. The summed E-state index contributed by atoms with van der Waals surface area (Å²) >= 11 is 4.08. The van der Waals surface area contributed by atoms with E-state index in [0.717, 1.165) is 5.75 Å². The summed E-state index contributed by atoms with van der Waals surface area (Å²) in [6.07, 6.45) is 1.23. The van der Waals surface area contributed by atoms with E-state index in [9.17, 15) is 0 Å².